The van der Waals surface area contributed by atoms with Gasteiger partial charge in [-0.05, 0) is 6.42 Å². The second-order valence-electron chi connectivity index (χ2n) is 3.04. The van der Waals surface area contributed by atoms with Gasteiger partial charge in [0.15, 0.2) is 0 Å². The Kier molecular flexibility index (Phi) is 2.27. The fourth-order valence-corrected chi connectivity index (χ4v) is 1.43. The van der Waals surface area contributed by atoms with Gasteiger partial charge in [-0.1, -0.05) is 20.3 Å². The molecule has 1 rings (SSSR count). The molecule has 1 saturated heterocycles. The number of hydrogen-bond acceptors (Lipinski definition) is 2. The molecule has 2 amide bonds. The standard InChI is InChI=1S/C8H13NO2/c1-3-4-6-5(2)7(10)9-8(6)11/h5-6H,3-4H2,1-2H3,(H,9,10,11)/t5-,6+/m1/s1. The molecule has 1 fully saturated rings. The van der Waals surface area contributed by atoms with E-state index in [9.17, 15) is 9.59 Å². The predicted molar refractivity (Wildman–Crippen MR) is 40.7 cm³/mol. The zero-order chi connectivity index (χ0) is 8.43. The minimum atomic E-state index is -0.123. The Morgan fingerprint density at radius 3 is 2.36 bits per heavy atom. The summed E-state index contributed by atoms with van der Waals surface area (Å²) < 4.78 is 0. The summed E-state index contributed by atoms with van der Waals surface area (Å²) >= 11 is 0. The summed E-state index contributed by atoms with van der Waals surface area (Å²) in [5, 5.41) is 2.32. The molecule has 1 N–H and O–H groups in total. The van der Waals surface area contributed by atoms with E-state index in [1.165, 1.54) is 0 Å². The topological polar surface area (TPSA) is 46.2 Å². The van der Waals surface area contributed by atoms with E-state index in [0.29, 0.717) is 0 Å². The summed E-state index contributed by atoms with van der Waals surface area (Å²) in [6, 6.07) is 0. The van der Waals surface area contributed by atoms with Crippen LogP contribution in [-0.4, -0.2) is 11.8 Å². The van der Waals surface area contributed by atoms with Crippen molar-refractivity contribution in [3.63, 3.8) is 0 Å². The van der Waals surface area contributed by atoms with Crippen LogP contribution in [-0.2, 0) is 9.59 Å². The number of carbonyl (C=O) groups excluding carboxylic acids is 2. The molecule has 3 heteroatoms. The third-order valence-electron chi connectivity index (χ3n) is 2.20. The van der Waals surface area contributed by atoms with Crippen molar-refractivity contribution in [3.05, 3.63) is 0 Å². The largest absolute Gasteiger partial charge is 0.296 e. The van der Waals surface area contributed by atoms with Gasteiger partial charge in [-0.15, -0.1) is 0 Å². The van der Waals surface area contributed by atoms with Gasteiger partial charge in [0, 0.05) is 11.8 Å². The smallest absolute Gasteiger partial charge is 0.230 e. The first-order valence-electron chi connectivity index (χ1n) is 4.01. The van der Waals surface area contributed by atoms with Gasteiger partial charge in [0.1, 0.15) is 0 Å². The van der Waals surface area contributed by atoms with Gasteiger partial charge in [-0.25, -0.2) is 0 Å². The highest BCUT2D eigenvalue weighted by molar-refractivity contribution is 6.04. The molecule has 1 aliphatic rings. The summed E-state index contributed by atoms with van der Waals surface area (Å²) in [5.74, 6) is -0.409. The summed E-state index contributed by atoms with van der Waals surface area (Å²) in [7, 11) is 0. The number of imide groups is 1. The number of carbonyl (C=O) groups is 2. The van der Waals surface area contributed by atoms with E-state index >= 15 is 0 Å². The molecular weight excluding hydrogens is 142 g/mol. The van der Waals surface area contributed by atoms with Crippen molar-refractivity contribution < 1.29 is 9.59 Å². The minimum absolute atomic E-state index is 0.0764. The van der Waals surface area contributed by atoms with Crippen molar-refractivity contribution in [1.82, 2.24) is 5.32 Å². The number of rotatable bonds is 2. The van der Waals surface area contributed by atoms with Crippen molar-refractivity contribution in [3.8, 4) is 0 Å². The molecular formula is C8H13NO2. The van der Waals surface area contributed by atoms with Crippen molar-refractivity contribution in [2.45, 2.75) is 26.7 Å². The van der Waals surface area contributed by atoms with E-state index < -0.39 is 0 Å². The Morgan fingerprint density at radius 2 is 2.00 bits per heavy atom. The van der Waals surface area contributed by atoms with Crippen LogP contribution in [0.1, 0.15) is 26.7 Å². The van der Waals surface area contributed by atoms with Gasteiger partial charge >= 0.3 is 0 Å². The molecule has 11 heavy (non-hydrogen) atoms. The SMILES string of the molecule is CCC[C@@H]1C(=O)NC(=O)[C@@H]1C. The molecule has 0 aromatic heterocycles. The summed E-state index contributed by atoms with van der Waals surface area (Å²) in [4.78, 5) is 22.0. The first-order valence-corrected chi connectivity index (χ1v) is 4.01. The molecule has 1 heterocycles. The highest BCUT2D eigenvalue weighted by Crippen LogP contribution is 2.22. The van der Waals surface area contributed by atoms with Gasteiger partial charge in [-0.3, -0.25) is 14.9 Å². The minimum Gasteiger partial charge on any atom is -0.296 e. The van der Waals surface area contributed by atoms with Crippen LogP contribution in [0, 0.1) is 11.8 Å². The van der Waals surface area contributed by atoms with E-state index in [1.54, 1.807) is 6.92 Å². The molecule has 2 atom stereocenters. The van der Waals surface area contributed by atoms with Crippen LogP contribution >= 0.6 is 0 Å². The van der Waals surface area contributed by atoms with Crippen molar-refractivity contribution in [1.29, 1.82) is 0 Å². The Labute approximate surface area is 66.2 Å². The highest BCUT2D eigenvalue weighted by Gasteiger charge is 2.37. The number of amides is 2. The second-order valence-corrected chi connectivity index (χ2v) is 3.04. The van der Waals surface area contributed by atoms with E-state index in [4.69, 9.17) is 0 Å². The quantitative estimate of drug-likeness (QED) is 0.596. The maximum absolute atomic E-state index is 11.1. The van der Waals surface area contributed by atoms with E-state index in [-0.39, 0.29) is 23.7 Å². The normalized spacial score (nSPS) is 30.7. The molecule has 0 aliphatic carbocycles. The monoisotopic (exact) mass is 155 g/mol. The molecule has 0 bridgehead atoms. The fourth-order valence-electron chi connectivity index (χ4n) is 1.43. The van der Waals surface area contributed by atoms with E-state index in [0.717, 1.165) is 12.8 Å². The molecule has 0 saturated carbocycles. The number of nitrogens with one attached hydrogen (secondary N) is 1. The van der Waals surface area contributed by atoms with Crippen LogP contribution in [0.3, 0.4) is 0 Å². The zero-order valence-corrected chi connectivity index (χ0v) is 6.89. The van der Waals surface area contributed by atoms with Crippen molar-refractivity contribution in [2.24, 2.45) is 11.8 Å². The Balaban J connectivity index is 2.63. The molecule has 0 aromatic carbocycles. The lowest BCUT2D eigenvalue weighted by molar-refractivity contribution is -0.126. The molecule has 0 spiro atoms. The van der Waals surface area contributed by atoms with Crippen LogP contribution in [0.15, 0.2) is 0 Å². The van der Waals surface area contributed by atoms with Crippen LogP contribution in [0.25, 0.3) is 0 Å². The maximum Gasteiger partial charge on any atom is 0.230 e. The summed E-state index contributed by atoms with van der Waals surface area (Å²) in [6.45, 7) is 3.82. The first-order chi connectivity index (χ1) is 5.16. The van der Waals surface area contributed by atoms with Gasteiger partial charge in [-0.2, -0.15) is 0 Å². The molecule has 1 aliphatic heterocycles. The molecule has 0 radical (unpaired) electrons. The Bertz CT molecular complexity index is 189. The third kappa shape index (κ3) is 1.42. The van der Waals surface area contributed by atoms with Crippen LogP contribution in [0.5, 0.6) is 0 Å². The maximum atomic E-state index is 11.1. The van der Waals surface area contributed by atoms with Crippen LogP contribution in [0.2, 0.25) is 0 Å². The molecule has 3 nitrogen and oxygen atoms in total. The predicted octanol–water partition coefficient (Wildman–Crippen LogP) is 0.695. The van der Waals surface area contributed by atoms with Crippen LogP contribution in [0.4, 0.5) is 0 Å². The van der Waals surface area contributed by atoms with E-state index in [2.05, 4.69) is 5.32 Å². The lowest BCUT2D eigenvalue weighted by Gasteiger charge is -2.07. The lowest BCUT2D eigenvalue weighted by Crippen LogP contribution is -2.22. The van der Waals surface area contributed by atoms with Crippen molar-refractivity contribution >= 4 is 11.8 Å². The lowest BCUT2D eigenvalue weighted by atomic mass is 9.93. The Morgan fingerprint density at radius 1 is 1.36 bits per heavy atom. The van der Waals surface area contributed by atoms with Gasteiger partial charge < -0.3 is 0 Å². The Hall–Kier alpha value is -0.860. The fraction of sp³-hybridized carbons (Fsp3) is 0.750. The second kappa shape index (κ2) is 3.03. The number of hydrogen-bond donors (Lipinski definition) is 1. The first kappa shape index (κ1) is 8.24. The van der Waals surface area contributed by atoms with Gasteiger partial charge in [0.25, 0.3) is 0 Å². The molecule has 0 unspecified atom stereocenters. The summed E-state index contributed by atoms with van der Waals surface area (Å²) in [5.41, 5.74) is 0. The highest BCUT2D eigenvalue weighted by atomic mass is 16.2. The van der Waals surface area contributed by atoms with Gasteiger partial charge in [0.05, 0.1) is 0 Å². The average Bonchev–Trinajstić information content (AvgIpc) is 2.17. The zero-order valence-electron chi connectivity index (χ0n) is 6.89. The third-order valence-corrected chi connectivity index (χ3v) is 2.20. The van der Waals surface area contributed by atoms with Crippen molar-refractivity contribution in [2.75, 3.05) is 0 Å². The molecule has 0 aromatic rings. The summed E-state index contributed by atoms with van der Waals surface area (Å²) in [6.07, 6.45) is 1.77. The van der Waals surface area contributed by atoms with Gasteiger partial charge in [0.2, 0.25) is 11.8 Å². The average molecular weight is 155 g/mol. The van der Waals surface area contributed by atoms with E-state index in [1.807, 2.05) is 6.92 Å². The van der Waals surface area contributed by atoms with Crippen LogP contribution < -0.4 is 5.32 Å². The molecule has 62 valence electrons.